The monoisotopic (exact) mass is 334 g/mol. The number of rotatable bonds is 1. The first-order valence-corrected chi connectivity index (χ1v) is 8.27. The summed E-state index contributed by atoms with van der Waals surface area (Å²) in [7, 11) is 0. The van der Waals surface area contributed by atoms with Crippen molar-refractivity contribution >= 4 is 53.1 Å². The van der Waals surface area contributed by atoms with Gasteiger partial charge in [-0.25, -0.2) is 9.59 Å². The molecule has 5 aromatic rings. The van der Waals surface area contributed by atoms with E-state index in [9.17, 15) is 14.7 Å². The molecule has 0 amide bonds. The van der Waals surface area contributed by atoms with Gasteiger partial charge in [0.25, 0.3) is 0 Å². The standard InChI is InChI=1S/C19H10O4S/c20-8-9-1-5-14-13(7-9)10-2-3-11-16-12(19(22)23-18(11)21)4-6-15(24-14)17(10)16/h1-7,20H,8H2. The van der Waals surface area contributed by atoms with Gasteiger partial charge in [0, 0.05) is 20.2 Å². The summed E-state index contributed by atoms with van der Waals surface area (Å²) in [5, 5.41) is 13.8. The highest BCUT2D eigenvalue weighted by atomic mass is 32.1. The zero-order valence-electron chi connectivity index (χ0n) is 12.3. The molecule has 0 saturated heterocycles. The van der Waals surface area contributed by atoms with Gasteiger partial charge in [0.15, 0.2) is 0 Å². The van der Waals surface area contributed by atoms with Crippen molar-refractivity contribution in [2.75, 3.05) is 0 Å². The largest absolute Gasteiger partial charge is 0.392 e. The molecule has 5 rings (SSSR count). The molecule has 0 bridgehead atoms. The molecule has 0 radical (unpaired) electrons. The number of fused-ring (bicyclic) bond motifs is 2. The van der Waals surface area contributed by atoms with Crippen molar-refractivity contribution < 1.29 is 9.52 Å². The zero-order chi connectivity index (χ0) is 16.4. The molecule has 116 valence electrons. The van der Waals surface area contributed by atoms with Crippen LogP contribution in [0.15, 0.2) is 56.5 Å². The van der Waals surface area contributed by atoms with E-state index >= 15 is 0 Å². The van der Waals surface area contributed by atoms with Gasteiger partial charge in [-0.1, -0.05) is 12.1 Å². The van der Waals surface area contributed by atoms with Crippen molar-refractivity contribution in [3.8, 4) is 0 Å². The summed E-state index contributed by atoms with van der Waals surface area (Å²) in [5.74, 6) is 0. The van der Waals surface area contributed by atoms with E-state index in [1.807, 2.05) is 30.3 Å². The molecule has 0 unspecified atom stereocenters. The second kappa shape index (κ2) is 4.63. The third-order valence-electron chi connectivity index (χ3n) is 4.48. The Morgan fingerprint density at radius 1 is 0.792 bits per heavy atom. The lowest BCUT2D eigenvalue weighted by molar-refractivity contribution is 0.282. The molecule has 1 N–H and O–H groups in total. The van der Waals surface area contributed by atoms with Gasteiger partial charge >= 0.3 is 11.3 Å². The molecule has 0 atom stereocenters. The topological polar surface area (TPSA) is 67.5 Å². The van der Waals surface area contributed by atoms with Crippen molar-refractivity contribution in [3.63, 3.8) is 0 Å². The van der Waals surface area contributed by atoms with Crippen molar-refractivity contribution in [1.82, 2.24) is 0 Å². The van der Waals surface area contributed by atoms with Crippen LogP contribution in [0.5, 0.6) is 0 Å². The van der Waals surface area contributed by atoms with E-state index in [2.05, 4.69) is 0 Å². The molecule has 2 heterocycles. The molecule has 5 heteroatoms. The van der Waals surface area contributed by atoms with Gasteiger partial charge in [-0.3, -0.25) is 0 Å². The second-order valence-electron chi connectivity index (χ2n) is 5.79. The Hall–Kier alpha value is -2.76. The van der Waals surface area contributed by atoms with Gasteiger partial charge in [-0.05, 0) is 46.7 Å². The Balaban J connectivity index is 2.16. The molecular formula is C19H10O4S. The van der Waals surface area contributed by atoms with E-state index in [4.69, 9.17) is 4.42 Å². The number of hydrogen-bond donors (Lipinski definition) is 1. The lowest BCUT2D eigenvalue weighted by Gasteiger charge is -2.11. The zero-order valence-corrected chi connectivity index (χ0v) is 13.1. The summed E-state index contributed by atoms with van der Waals surface area (Å²) in [6.45, 7) is -0.0309. The third kappa shape index (κ3) is 1.65. The van der Waals surface area contributed by atoms with Gasteiger partial charge in [0.05, 0.1) is 17.4 Å². The smallest absolute Gasteiger partial charge is 0.346 e. The van der Waals surface area contributed by atoms with E-state index in [0.717, 1.165) is 31.1 Å². The first-order chi connectivity index (χ1) is 11.7. The van der Waals surface area contributed by atoms with Crippen LogP contribution in [-0.4, -0.2) is 5.11 Å². The van der Waals surface area contributed by atoms with Crippen LogP contribution in [0.2, 0.25) is 0 Å². The number of benzene rings is 3. The van der Waals surface area contributed by atoms with Gasteiger partial charge in [-0.15, -0.1) is 11.3 Å². The first kappa shape index (κ1) is 13.7. The average molecular weight is 334 g/mol. The fourth-order valence-electron chi connectivity index (χ4n) is 3.40. The fraction of sp³-hybridized carbons (Fsp3) is 0.0526. The van der Waals surface area contributed by atoms with E-state index in [1.165, 1.54) is 0 Å². The first-order valence-electron chi connectivity index (χ1n) is 7.45. The molecular weight excluding hydrogens is 324 g/mol. The Bertz CT molecular complexity index is 1350. The number of hydrogen-bond acceptors (Lipinski definition) is 5. The van der Waals surface area contributed by atoms with Crippen molar-refractivity contribution in [2.24, 2.45) is 0 Å². The van der Waals surface area contributed by atoms with E-state index in [0.29, 0.717) is 16.2 Å². The van der Waals surface area contributed by atoms with Crippen LogP contribution in [0.25, 0.3) is 41.7 Å². The molecule has 4 nitrogen and oxygen atoms in total. The highest BCUT2D eigenvalue weighted by Gasteiger charge is 2.16. The summed E-state index contributed by atoms with van der Waals surface area (Å²) in [5.41, 5.74) is -0.374. The Labute approximate surface area is 138 Å². The maximum absolute atomic E-state index is 12.1. The highest BCUT2D eigenvalue weighted by molar-refractivity contribution is 7.25. The minimum Gasteiger partial charge on any atom is -0.392 e. The normalized spacial score (nSPS) is 12.0. The quantitative estimate of drug-likeness (QED) is 0.376. The van der Waals surface area contributed by atoms with Crippen LogP contribution in [-0.2, 0) is 6.61 Å². The lowest BCUT2D eigenvalue weighted by atomic mass is 9.98. The van der Waals surface area contributed by atoms with E-state index in [-0.39, 0.29) is 6.61 Å². The van der Waals surface area contributed by atoms with E-state index < -0.39 is 11.3 Å². The molecule has 0 aliphatic carbocycles. The van der Waals surface area contributed by atoms with Crippen LogP contribution in [0.4, 0.5) is 0 Å². The fourth-order valence-corrected chi connectivity index (χ4v) is 4.50. The number of aliphatic hydroxyl groups excluding tert-OH is 1. The number of aliphatic hydroxyl groups is 1. The SMILES string of the molecule is O=c1oc(=O)c2ccc3c4cc(CO)ccc4sc4ccc1c2c43. The van der Waals surface area contributed by atoms with Crippen molar-refractivity contribution in [3.05, 3.63) is 68.9 Å². The molecule has 0 fully saturated rings. The average Bonchev–Trinajstić information content (AvgIpc) is 2.60. The van der Waals surface area contributed by atoms with Crippen LogP contribution in [0, 0.1) is 0 Å². The predicted molar refractivity (Wildman–Crippen MR) is 96.3 cm³/mol. The minimum atomic E-state index is -0.601. The predicted octanol–water partition coefficient (Wildman–Crippen LogP) is 3.60. The van der Waals surface area contributed by atoms with Crippen LogP contribution in [0.3, 0.4) is 0 Å². The highest BCUT2D eigenvalue weighted by Crippen LogP contribution is 2.39. The Morgan fingerprint density at radius 3 is 2.21 bits per heavy atom. The summed E-state index contributed by atoms with van der Waals surface area (Å²) < 4.78 is 6.92. The Kier molecular flexibility index (Phi) is 2.63. The minimum absolute atomic E-state index is 0.0309. The third-order valence-corrected chi connectivity index (χ3v) is 5.62. The molecule has 24 heavy (non-hydrogen) atoms. The lowest BCUT2D eigenvalue weighted by Crippen LogP contribution is -2.12. The molecule has 0 aliphatic rings. The second-order valence-corrected chi connectivity index (χ2v) is 6.87. The summed E-state index contributed by atoms with van der Waals surface area (Å²) in [6.07, 6.45) is 0. The molecule has 2 aromatic heterocycles. The van der Waals surface area contributed by atoms with Gasteiger partial charge in [0.2, 0.25) is 0 Å². The van der Waals surface area contributed by atoms with Crippen molar-refractivity contribution in [1.29, 1.82) is 0 Å². The summed E-state index contributed by atoms with van der Waals surface area (Å²) >= 11 is 1.60. The summed E-state index contributed by atoms with van der Waals surface area (Å²) in [6, 6.07) is 13.1. The van der Waals surface area contributed by atoms with Crippen LogP contribution < -0.4 is 11.3 Å². The maximum Gasteiger partial charge on any atom is 0.346 e. The molecule has 0 aliphatic heterocycles. The van der Waals surface area contributed by atoms with Crippen LogP contribution >= 0.6 is 11.3 Å². The maximum atomic E-state index is 12.1. The van der Waals surface area contributed by atoms with Crippen molar-refractivity contribution in [2.45, 2.75) is 6.61 Å². The molecule has 0 saturated carbocycles. The molecule has 0 spiro atoms. The van der Waals surface area contributed by atoms with Gasteiger partial charge in [0.1, 0.15) is 0 Å². The van der Waals surface area contributed by atoms with E-state index in [1.54, 1.807) is 23.5 Å². The van der Waals surface area contributed by atoms with Crippen LogP contribution in [0.1, 0.15) is 5.56 Å². The Morgan fingerprint density at radius 2 is 1.46 bits per heavy atom. The summed E-state index contributed by atoms with van der Waals surface area (Å²) in [4.78, 5) is 24.1. The van der Waals surface area contributed by atoms with Gasteiger partial charge in [-0.2, -0.15) is 0 Å². The van der Waals surface area contributed by atoms with Gasteiger partial charge < -0.3 is 9.52 Å². The molecule has 3 aromatic carbocycles.